The largest absolute Gasteiger partial charge is 0.255 e. The molecular weight excluding hydrogens is 53.6 g/mol. The lowest BCUT2D eigenvalue weighted by Crippen LogP contribution is -1.38. The first-order chi connectivity index (χ1) is 2.00. The summed E-state index contributed by atoms with van der Waals surface area (Å²) in [6, 6.07) is 0. The predicted molar refractivity (Wildman–Crippen MR) is 16.8 cm³/mol. The Hall–Kier alpha value is 0.0499. The van der Waals surface area contributed by atoms with E-state index < -0.39 is 0 Å². The van der Waals surface area contributed by atoms with Crippen LogP contribution >= 0.6 is 0 Å². The molecule has 0 amide bonds. The van der Waals surface area contributed by atoms with Gasteiger partial charge in [-0.25, -0.2) is 0 Å². The Bertz CT molecular complexity index is 4.00. The number of rotatable bonds is 0. The Morgan fingerprint density at radius 1 is 1.00 bits per heavy atom. The van der Waals surface area contributed by atoms with Crippen LogP contribution in [0.4, 0.5) is 0 Å². The molecule has 2 nitrogen and oxygen atoms in total. The average Bonchev–Trinajstić information content (AvgIpc) is 1.50. The van der Waals surface area contributed by atoms with Crippen molar-refractivity contribution in [3.05, 3.63) is 0 Å². The molecule has 4 heteroatoms. The molecule has 20 valence electrons. The van der Waals surface area contributed by atoms with E-state index in [-0.39, 0.29) is 0 Å². The van der Waals surface area contributed by atoms with Gasteiger partial charge in [0.2, 0.25) is 0 Å². The van der Waals surface area contributed by atoms with E-state index in [0.717, 1.165) is 0 Å². The third kappa shape index (κ3) is 908. The van der Waals surface area contributed by atoms with Crippen LogP contribution in [-0.4, -0.2) is 26.0 Å². The highest BCUT2D eigenvalue weighted by Crippen LogP contribution is 0.711. The van der Waals surface area contributed by atoms with Crippen LogP contribution in [0.5, 0.6) is 0 Å². The highest BCUT2D eigenvalue weighted by atomic mass is 17.0. The summed E-state index contributed by atoms with van der Waals surface area (Å²) in [5, 5.41) is 12.0. The molecule has 0 aliphatic carbocycles. The lowest BCUT2D eigenvalue weighted by atomic mass is 9.81. The van der Waals surface area contributed by atoms with Crippen molar-refractivity contribution in [2.45, 2.75) is 0 Å². The lowest BCUT2D eigenvalue weighted by molar-refractivity contribution is -0.176. The van der Waals surface area contributed by atoms with E-state index in [4.69, 9.17) is 10.5 Å². The minimum Gasteiger partial charge on any atom is -0.255 e. The summed E-state index contributed by atoms with van der Waals surface area (Å²) in [6.45, 7) is 0. The maximum atomic E-state index is 6.00. The maximum absolute atomic E-state index is 6.00. The summed E-state index contributed by atoms with van der Waals surface area (Å²) in [6.07, 6.45) is 0. The van der Waals surface area contributed by atoms with Gasteiger partial charge in [-0.05, 0) is 0 Å². The molecule has 0 saturated heterocycles. The molecule has 2 N–H and O–H groups in total. The lowest BCUT2D eigenvalue weighted by Gasteiger charge is -1.25. The van der Waals surface area contributed by atoms with Crippen molar-refractivity contribution in [3.63, 3.8) is 0 Å². The zero-order valence-corrected chi connectivity index (χ0v) is 2.05. The van der Waals surface area contributed by atoms with Gasteiger partial charge >= 0.3 is 0 Å². The van der Waals surface area contributed by atoms with Gasteiger partial charge in [-0.3, -0.25) is 10.5 Å². The smallest absolute Gasteiger partial charge is 0 e. The Kier molecular flexibility index (Phi) is 11500. The van der Waals surface area contributed by atoms with Crippen LogP contribution < -0.4 is 0 Å². The first-order valence-corrected chi connectivity index (χ1v) is 0.533. The zero-order valence-electron chi connectivity index (χ0n) is 2.05. The summed E-state index contributed by atoms with van der Waals surface area (Å²) in [5.41, 5.74) is 0. The third-order valence-corrected chi connectivity index (χ3v) is 0. The Labute approximate surface area is 27.2 Å². The van der Waals surface area contributed by atoms with Crippen LogP contribution in [0.1, 0.15) is 0 Å². The molecule has 0 unspecified atom stereocenters. The van der Waals surface area contributed by atoms with Crippen LogP contribution in [0.3, 0.4) is 0 Å². The van der Waals surface area contributed by atoms with Crippen LogP contribution in [0.15, 0.2) is 0 Å². The van der Waals surface area contributed by atoms with Gasteiger partial charge in [-0.1, -0.05) is 0 Å². The van der Waals surface area contributed by atoms with Gasteiger partial charge in [-0.2, -0.15) is 0 Å². The second kappa shape index (κ2) is 5150. The normalized spacial score (nSPS) is 2.50. The Morgan fingerprint density at radius 3 is 1.00 bits per heavy atom. The monoisotopic (exact) mass is 56.0 g/mol. The second-order valence-corrected chi connectivity index (χ2v) is 0. The van der Waals surface area contributed by atoms with Crippen molar-refractivity contribution in [3.8, 4) is 0 Å². The molecular formula is H2B2O2. The third-order valence-electron chi connectivity index (χ3n) is 0. The van der Waals surface area contributed by atoms with Gasteiger partial charge in [0.1, 0.15) is 0 Å². The molecule has 0 spiro atoms. The van der Waals surface area contributed by atoms with E-state index in [1.807, 2.05) is 0 Å². The minimum atomic E-state index is 4.00. The molecule has 0 aromatic heterocycles. The fourth-order valence-electron chi connectivity index (χ4n) is 0. The van der Waals surface area contributed by atoms with Crippen molar-refractivity contribution in [1.29, 1.82) is 0 Å². The molecule has 4 heavy (non-hydrogen) atoms. The van der Waals surface area contributed by atoms with Crippen molar-refractivity contribution in [2.24, 2.45) is 0 Å². The van der Waals surface area contributed by atoms with Gasteiger partial charge < -0.3 is 0 Å². The van der Waals surface area contributed by atoms with Gasteiger partial charge in [0, 0.05) is 15.5 Å². The Balaban J connectivity index is 0. The van der Waals surface area contributed by atoms with Crippen molar-refractivity contribution in [2.75, 3.05) is 0 Å². The van der Waals surface area contributed by atoms with E-state index in [2.05, 4.69) is 15.5 Å². The molecule has 0 rings (SSSR count). The topological polar surface area (TPSA) is 40.5 Å². The zero-order chi connectivity index (χ0) is 4.00. The molecule has 0 heterocycles. The van der Waals surface area contributed by atoms with Gasteiger partial charge in [0.25, 0.3) is 0 Å². The van der Waals surface area contributed by atoms with Crippen molar-refractivity contribution >= 4 is 15.5 Å². The number of hydrogen-bond acceptors (Lipinski definition) is 2. The quantitative estimate of drug-likeness (QED) is 0.218. The molecule has 0 aromatic rings. The standard InChI is InChI=1S/B2.H2O2/c2*1-2/h;1-2H. The highest BCUT2D eigenvalue weighted by molar-refractivity contribution is 6.75. The first-order valence-electron chi connectivity index (χ1n) is 0.533. The summed E-state index contributed by atoms with van der Waals surface area (Å²) in [5.74, 6) is 0. The molecule has 0 bridgehead atoms. The van der Waals surface area contributed by atoms with E-state index in [1.165, 1.54) is 0 Å². The summed E-state index contributed by atoms with van der Waals surface area (Å²) < 4.78 is 0. The van der Waals surface area contributed by atoms with Crippen LogP contribution in [-0.2, 0) is 0 Å². The van der Waals surface area contributed by atoms with E-state index in [9.17, 15) is 0 Å². The molecule has 0 atom stereocenters. The van der Waals surface area contributed by atoms with E-state index >= 15 is 0 Å². The predicted octanol–water partition coefficient (Wildman–Crippen LogP) is -0.744. The molecule has 0 aliphatic heterocycles. The molecule has 0 aromatic carbocycles. The fraction of sp³-hybridized carbons (Fsp3) is 0. The van der Waals surface area contributed by atoms with E-state index in [1.54, 1.807) is 0 Å². The first kappa shape index (κ1) is 8.97. The highest BCUT2D eigenvalue weighted by Gasteiger charge is 1.00. The van der Waals surface area contributed by atoms with Gasteiger partial charge in [-0.15, -0.1) is 0 Å². The molecule has 0 saturated carbocycles. The van der Waals surface area contributed by atoms with Crippen LogP contribution in [0, 0.1) is 0 Å². The SMILES string of the molecule is OO.[B][B]. The number of hydrogen-bond donors (Lipinski definition) is 2. The molecule has 0 fully saturated rings. The fourth-order valence-corrected chi connectivity index (χ4v) is 0. The van der Waals surface area contributed by atoms with E-state index in [0.29, 0.717) is 0 Å². The van der Waals surface area contributed by atoms with Crippen molar-refractivity contribution < 1.29 is 10.5 Å². The van der Waals surface area contributed by atoms with Crippen LogP contribution in [0.2, 0.25) is 0 Å². The van der Waals surface area contributed by atoms with Gasteiger partial charge in [0.05, 0.1) is 0 Å². The second-order valence-electron chi connectivity index (χ2n) is 0. The molecule has 0 aliphatic rings. The summed E-state index contributed by atoms with van der Waals surface area (Å²) in [7, 11) is 8.00. The van der Waals surface area contributed by atoms with Gasteiger partial charge in [0.15, 0.2) is 0 Å². The van der Waals surface area contributed by atoms with Crippen LogP contribution in [0.25, 0.3) is 0 Å². The molecule has 4 radical (unpaired) electrons. The Morgan fingerprint density at radius 2 is 1.00 bits per heavy atom. The average molecular weight is 55.6 g/mol. The minimum absolute atomic E-state index is 4.00. The van der Waals surface area contributed by atoms with Crippen molar-refractivity contribution in [1.82, 2.24) is 0 Å². The summed E-state index contributed by atoms with van der Waals surface area (Å²) in [4.78, 5) is 0. The maximum Gasteiger partial charge on any atom is 0 e. The summed E-state index contributed by atoms with van der Waals surface area (Å²) >= 11 is 0.